The van der Waals surface area contributed by atoms with Crippen LogP contribution in [0.3, 0.4) is 0 Å². The molecule has 0 radical (unpaired) electrons. The van der Waals surface area contributed by atoms with E-state index in [0.717, 1.165) is 0 Å². The molecule has 0 aromatic rings. The predicted octanol–water partition coefficient (Wildman–Crippen LogP) is -0.743. The molecule has 8 heavy (non-hydrogen) atoms. The molecule has 8 heteroatoms. The fourth-order valence-corrected chi connectivity index (χ4v) is 0. The maximum atomic E-state index is 8.88. The van der Waals surface area contributed by atoms with Gasteiger partial charge in [-0.1, -0.05) is 0 Å². The first-order valence-corrected chi connectivity index (χ1v) is 3.50. The first kappa shape index (κ1) is 11.0. The highest BCUT2D eigenvalue weighted by molar-refractivity contribution is 7.45. The SMILES string of the molecule is O=P(O)(O)O.O=PO. The van der Waals surface area contributed by atoms with E-state index < -0.39 is 16.5 Å². The van der Waals surface area contributed by atoms with Crippen LogP contribution < -0.4 is 0 Å². The smallest absolute Gasteiger partial charge is 0.310 e. The summed E-state index contributed by atoms with van der Waals surface area (Å²) in [7, 11) is -5.47. The average molecular weight is 162 g/mol. The lowest BCUT2D eigenvalue weighted by Crippen LogP contribution is -1.66. The lowest BCUT2D eigenvalue weighted by molar-refractivity contribution is 0.275. The Morgan fingerprint density at radius 3 is 1.25 bits per heavy atom. The van der Waals surface area contributed by atoms with Crippen LogP contribution in [0.15, 0.2) is 0 Å². The van der Waals surface area contributed by atoms with Gasteiger partial charge in [-0.05, 0) is 0 Å². The number of rotatable bonds is 0. The second-order valence-corrected chi connectivity index (χ2v) is 1.78. The Hall–Kier alpha value is 0.170. The lowest BCUT2D eigenvalue weighted by Gasteiger charge is -1.82. The van der Waals surface area contributed by atoms with Crippen molar-refractivity contribution in [2.75, 3.05) is 0 Å². The van der Waals surface area contributed by atoms with Gasteiger partial charge in [-0.2, -0.15) is 0 Å². The van der Waals surface area contributed by atoms with E-state index in [4.69, 9.17) is 28.7 Å². The summed E-state index contributed by atoms with van der Waals surface area (Å²) in [4.78, 5) is 28.5. The summed E-state index contributed by atoms with van der Waals surface area (Å²) in [6, 6.07) is 0. The van der Waals surface area contributed by atoms with Crippen molar-refractivity contribution in [1.82, 2.24) is 0 Å². The van der Waals surface area contributed by atoms with Crippen molar-refractivity contribution < 1.29 is 28.7 Å². The van der Waals surface area contributed by atoms with E-state index in [2.05, 4.69) is 0 Å². The van der Waals surface area contributed by atoms with Crippen molar-refractivity contribution in [2.24, 2.45) is 0 Å². The Morgan fingerprint density at radius 2 is 1.25 bits per heavy atom. The topological polar surface area (TPSA) is 115 Å². The average Bonchev–Trinajstić information content (AvgIpc) is 1.27. The van der Waals surface area contributed by atoms with E-state index in [1.807, 2.05) is 0 Å². The van der Waals surface area contributed by atoms with Crippen LogP contribution in [0.25, 0.3) is 0 Å². The largest absolute Gasteiger partial charge is 0.466 e. The highest BCUT2D eigenvalue weighted by atomic mass is 31.2. The summed E-state index contributed by atoms with van der Waals surface area (Å²) in [6.07, 6.45) is 0. The third kappa shape index (κ3) is 5710. The fourth-order valence-electron chi connectivity index (χ4n) is 0. The first-order chi connectivity index (χ1) is 3.41. The normalized spacial score (nSPS) is 10.0. The summed E-state index contributed by atoms with van der Waals surface area (Å²) >= 11 is 0. The van der Waals surface area contributed by atoms with E-state index in [1.165, 1.54) is 0 Å². The molecule has 0 heterocycles. The van der Waals surface area contributed by atoms with Crippen molar-refractivity contribution in [3.8, 4) is 0 Å². The van der Waals surface area contributed by atoms with Gasteiger partial charge in [0.2, 0.25) is 0 Å². The highest BCUT2D eigenvalue weighted by Gasteiger charge is 2.00. The van der Waals surface area contributed by atoms with E-state index in [-0.39, 0.29) is 0 Å². The van der Waals surface area contributed by atoms with Gasteiger partial charge in [0.05, 0.1) is 0 Å². The molecule has 0 saturated heterocycles. The molecule has 0 aromatic carbocycles. The van der Waals surface area contributed by atoms with Crippen molar-refractivity contribution in [2.45, 2.75) is 0 Å². The molecule has 0 unspecified atom stereocenters. The van der Waals surface area contributed by atoms with Gasteiger partial charge in [-0.25, -0.2) is 9.13 Å². The Morgan fingerprint density at radius 1 is 1.25 bits per heavy atom. The van der Waals surface area contributed by atoms with Crippen LogP contribution in [0, 0.1) is 0 Å². The maximum absolute atomic E-state index is 8.88. The van der Waals surface area contributed by atoms with E-state index in [9.17, 15) is 0 Å². The van der Waals surface area contributed by atoms with Gasteiger partial charge in [0.1, 0.15) is 0 Å². The Kier molecular flexibility index (Phi) is 7.32. The van der Waals surface area contributed by atoms with E-state index in [0.29, 0.717) is 0 Å². The van der Waals surface area contributed by atoms with Crippen LogP contribution in [-0.2, 0) is 9.13 Å². The van der Waals surface area contributed by atoms with Gasteiger partial charge in [0.15, 0.2) is 0 Å². The van der Waals surface area contributed by atoms with Crippen LogP contribution in [-0.4, -0.2) is 19.6 Å². The van der Waals surface area contributed by atoms with Crippen molar-refractivity contribution in [1.29, 1.82) is 0 Å². The predicted molar refractivity (Wildman–Crippen MR) is 24.1 cm³/mol. The summed E-state index contributed by atoms with van der Waals surface area (Å²) in [6.45, 7) is 0. The summed E-state index contributed by atoms with van der Waals surface area (Å²) in [5, 5.41) is 0. The van der Waals surface area contributed by atoms with Gasteiger partial charge in [0.25, 0.3) is 0 Å². The number of phosphoric acid groups is 1. The molecule has 4 N–H and O–H groups in total. The zero-order chi connectivity index (χ0) is 7.21. The quantitative estimate of drug-likeness (QED) is 0.348. The molecular weight excluding hydrogens is 158 g/mol. The molecule has 0 spiro atoms. The summed E-state index contributed by atoms with van der Waals surface area (Å²) < 4.78 is 17.3. The van der Waals surface area contributed by atoms with Gasteiger partial charge in [-0.15, -0.1) is 0 Å². The van der Waals surface area contributed by atoms with Crippen molar-refractivity contribution in [3.05, 3.63) is 0 Å². The Bertz CT molecular complexity index is 80.4. The van der Waals surface area contributed by atoms with Crippen LogP contribution in [0.1, 0.15) is 0 Å². The zero-order valence-corrected chi connectivity index (χ0v) is 5.29. The number of hydrogen-bond donors (Lipinski definition) is 4. The standard InChI is InChI=1S/H3O4P.HO2P/c1-5(2,3)4;1-3-2/h(H3,1,2,3,4);(H,1,2). The maximum Gasteiger partial charge on any atom is 0.466 e. The van der Waals surface area contributed by atoms with Gasteiger partial charge < -0.3 is 19.6 Å². The molecule has 0 amide bonds. The van der Waals surface area contributed by atoms with Gasteiger partial charge in [-0.3, -0.25) is 0 Å². The monoisotopic (exact) mass is 162 g/mol. The lowest BCUT2D eigenvalue weighted by atomic mass is 15.8. The Labute approximate surface area is 46.3 Å². The van der Waals surface area contributed by atoms with Crippen LogP contribution >= 0.6 is 16.5 Å². The highest BCUT2D eigenvalue weighted by Crippen LogP contribution is 2.25. The van der Waals surface area contributed by atoms with Crippen molar-refractivity contribution >= 4 is 16.5 Å². The minimum Gasteiger partial charge on any atom is -0.310 e. The first-order valence-electron chi connectivity index (χ1n) is 1.17. The molecule has 6 nitrogen and oxygen atoms in total. The molecule has 0 atom stereocenters. The van der Waals surface area contributed by atoms with E-state index >= 15 is 0 Å². The molecule has 50 valence electrons. The third-order valence-corrected chi connectivity index (χ3v) is 0. The molecular formula is H4O6P2. The van der Waals surface area contributed by atoms with Crippen LogP contribution in [0.5, 0.6) is 0 Å². The minimum absolute atomic E-state index is 0.833. The molecule has 0 aliphatic heterocycles. The van der Waals surface area contributed by atoms with Gasteiger partial charge >= 0.3 is 16.5 Å². The molecule has 0 fully saturated rings. The fraction of sp³-hybridized carbons (Fsp3) is 0. The second-order valence-electron chi connectivity index (χ2n) is 0.595. The Balaban J connectivity index is 0. The summed E-state index contributed by atoms with van der Waals surface area (Å²) in [5.41, 5.74) is 0. The molecule has 0 saturated carbocycles. The van der Waals surface area contributed by atoms with Crippen LogP contribution in [0.2, 0.25) is 0 Å². The second kappa shape index (κ2) is 5.31. The van der Waals surface area contributed by atoms with Crippen LogP contribution in [0.4, 0.5) is 0 Å². The van der Waals surface area contributed by atoms with Crippen molar-refractivity contribution in [3.63, 3.8) is 0 Å². The summed E-state index contributed by atoms with van der Waals surface area (Å²) in [5.74, 6) is 0. The zero-order valence-electron chi connectivity index (χ0n) is 3.50. The minimum atomic E-state index is -4.64. The molecule has 0 aromatic heterocycles. The van der Waals surface area contributed by atoms with Gasteiger partial charge in [0, 0.05) is 0 Å². The molecule has 0 aliphatic rings. The number of hydrogen-bond acceptors (Lipinski definition) is 2. The molecule has 0 rings (SSSR count). The third-order valence-electron chi connectivity index (χ3n) is 0. The molecule has 0 bridgehead atoms. The van der Waals surface area contributed by atoms with E-state index in [1.54, 1.807) is 0 Å². The molecule has 0 aliphatic carbocycles.